The Balaban J connectivity index is 1.16. The Hall–Kier alpha value is -4.58. The van der Waals surface area contributed by atoms with Crippen LogP contribution in [0.15, 0.2) is 103 Å². The van der Waals surface area contributed by atoms with E-state index in [0.29, 0.717) is 32.5 Å². The van der Waals surface area contributed by atoms with Crippen LogP contribution in [0.3, 0.4) is 0 Å². The molecular weight excluding hydrogens is 474 g/mol. The molecule has 0 bridgehead atoms. The highest BCUT2D eigenvalue weighted by Crippen LogP contribution is 2.20. The van der Waals surface area contributed by atoms with Gasteiger partial charge in [0.25, 0.3) is 0 Å². The van der Waals surface area contributed by atoms with E-state index in [1.165, 1.54) is 5.56 Å². The zero-order valence-corrected chi connectivity index (χ0v) is 21.5. The number of nitrogens with one attached hydrogen (secondary N) is 1. The molecule has 1 N–H and O–H groups in total. The molecule has 1 aromatic heterocycles. The van der Waals surface area contributed by atoms with E-state index in [0.717, 1.165) is 39.5 Å². The van der Waals surface area contributed by atoms with Crippen molar-refractivity contribution in [3.05, 3.63) is 115 Å². The molecule has 0 saturated carbocycles. The maximum Gasteiger partial charge on any atom is 0.224 e. The molecule has 5 rings (SSSR count). The molecule has 0 aliphatic carbocycles. The van der Waals surface area contributed by atoms with E-state index in [9.17, 15) is 4.79 Å². The fourth-order valence-electron chi connectivity index (χ4n) is 4.50. The summed E-state index contributed by atoms with van der Waals surface area (Å²) in [4.78, 5) is 17.4. The smallest absolute Gasteiger partial charge is 0.224 e. The Labute approximate surface area is 222 Å². The van der Waals surface area contributed by atoms with Gasteiger partial charge in [-0.15, -0.1) is 0 Å². The number of para-hydroxylation sites is 2. The van der Waals surface area contributed by atoms with Crippen molar-refractivity contribution in [3.63, 3.8) is 0 Å². The Morgan fingerprint density at radius 2 is 1.50 bits per heavy atom. The van der Waals surface area contributed by atoms with Crippen molar-refractivity contribution in [2.45, 2.75) is 19.4 Å². The van der Waals surface area contributed by atoms with Gasteiger partial charge in [-0.25, -0.2) is 4.98 Å². The summed E-state index contributed by atoms with van der Waals surface area (Å²) in [5.41, 5.74) is 5.30. The van der Waals surface area contributed by atoms with Crippen LogP contribution < -0.4 is 14.8 Å². The number of hydrogen-bond acceptors (Lipinski definition) is 4. The highest BCUT2D eigenvalue weighted by molar-refractivity contribution is 5.79. The van der Waals surface area contributed by atoms with Gasteiger partial charge in [0.15, 0.2) is 0 Å². The summed E-state index contributed by atoms with van der Waals surface area (Å²) in [6.45, 7) is 1.68. The van der Waals surface area contributed by atoms with E-state index < -0.39 is 0 Å². The summed E-state index contributed by atoms with van der Waals surface area (Å²) in [5.74, 6) is 2.52. The lowest BCUT2D eigenvalue weighted by molar-refractivity contribution is -0.120. The zero-order valence-electron chi connectivity index (χ0n) is 21.5. The third-order valence-corrected chi connectivity index (χ3v) is 6.47. The van der Waals surface area contributed by atoms with Crippen molar-refractivity contribution in [2.24, 2.45) is 0 Å². The Morgan fingerprint density at radius 3 is 2.26 bits per heavy atom. The van der Waals surface area contributed by atoms with Crippen LogP contribution in [0.2, 0.25) is 0 Å². The van der Waals surface area contributed by atoms with E-state index in [4.69, 9.17) is 14.5 Å². The molecule has 0 radical (unpaired) electrons. The number of aromatic nitrogens is 2. The largest absolute Gasteiger partial charge is 0.497 e. The van der Waals surface area contributed by atoms with Crippen LogP contribution in [-0.4, -0.2) is 35.7 Å². The quantitative estimate of drug-likeness (QED) is 0.250. The predicted molar refractivity (Wildman–Crippen MR) is 151 cm³/mol. The normalized spacial score (nSPS) is 10.9. The molecular formula is C32H31N3O3. The molecule has 1 amide bonds. The van der Waals surface area contributed by atoms with Crippen LogP contribution in [0.1, 0.15) is 11.4 Å². The first-order valence-electron chi connectivity index (χ1n) is 12.8. The minimum absolute atomic E-state index is 0.00274. The Bertz CT molecular complexity index is 1480. The topological polar surface area (TPSA) is 65.4 Å². The first kappa shape index (κ1) is 25.1. The van der Waals surface area contributed by atoms with Gasteiger partial charge in [0.1, 0.15) is 23.9 Å². The number of fused-ring (bicyclic) bond motifs is 1. The highest BCUT2D eigenvalue weighted by Gasteiger charge is 2.12. The highest BCUT2D eigenvalue weighted by atomic mass is 16.5. The molecule has 0 saturated heterocycles. The molecule has 5 aromatic rings. The summed E-state index contributed by atoms with van der Waals surface area (Å²) in [6.07, 6.45) is 0.983. The summed E-state index contributed by atoms with van der Waals surface area (Å²) >= 11 is 0. The number of ether oxygens (including phenoxy) is 2. The molecule has 6 heteroatoms. The first-order chi connectivity index (χ1) is 18.7. The van der Waals surface area contributed by atoms with Crippen molar-refractivity contribution in [3.8, 4) is 22.6 Å². The summed E-state index contributed by atoms with van der Waals surface area (Å²) in [5, 5.41) is 3.05. The van der Waals surface area contributed by atoms with Crippen LogP contribution in [0.5, 0.6) is 11.5 Å². The lowest BCUT2D eigenvalue weighted by atomic mass is 10.0. The molecule has 0 fully saturated rings. The van der Waals surface area contributed by atoms with Crippen LogP contribution in [-0.2, 0) is 24.2 Å². The zero-order chi connectivity index (χ0) is 26.2. The Kier molecular flexibility index (Phi) is 7.99. The minimum atomic E-state index is 0.00274. The minimum Gasteiger partial charge on any atom is -0.497 e. The Morgan fingerprint density at radius 1 is 0.816 bits per heavy atom. The average Bonchev–Trinajstić information content (AvgIpc) is 3.31. The van der Waals surface area contributed by atoms with Crippen LogP contribution in [0, 0.1) is 0 Å². The third-order valence-electron chi connectivity index (χ3n) is 6.47. The molecule has 4 aromatic carbocycles. The number of hydrogen-bond donors (Lipinski definition) is 1. The maximum absolute atomic E-state index is 12.6. The van der Waals surface area contributed by atoms with Gasteiger partial charge in [-0.3, -0.25) is 4.79 Å². The van der Waals surface area contributed by atoms with Crippen molar-refractivity contribution in [1.82, 2.24) is 14.9 Å². The van der Waals surface area contributed by atoms with Crippen LogP contribution >= 0.6 is 0 Å². The molecule has 0 aliphatic heterocycles. The number of methoxy groups -OCH3 is 1. The van der Waals surface area contributed by atoms with E-state index >= 15 is 0 Å². The van der Waals surface area contributed by atoms with Crippen molar-refractivity contribution < 1.29 is 14.3 Å². The number of nitrogens with zero attached hydrogens (tertiary/aromatic N) is 2. The number of imidazole rings is 1. The predicted octanol–water partition coefficient (Wildman–Crippen LogP) is 5.69. The second kappa shape index (κ2) is 12.1. The maximum atomic E-state index is 12.6. The first-order valence-corrected chi connectivity index (χ1v) is 12.8. The average molecular weight is 506 g/mol. The standard InChI is InChI=1S/C32H31N3O3/c1-37-27-15-17-28(18-16-27)38-22-21-35-30-10-6-5-9-29(30)34-31(35)19-20-33-32(36)23-24-11-13-26(14-12-24)25-7-3-2-4-8-25/h2-18H,19-23H2,1H3,(H,33,36). The van der Waals surface area contributed by atoms with Crippen LogP contribution in [0.25, 0.3) is 22.2 Å². The van der Waals surface area contributed by atoms with E-state index in [-0.39, 0.29) is 5.91 Å². The summed E-state index contributed by atoms with van der Waals surface area (Å²) < 4.78 is 13.3. The number of amides is 1. The second-order valence-electron chi connectivity index (χ2n) is 9.03. The molecule has 0 unspecified atom stereocenters. The fourth-order valence-corrected chi connectivity index (χ4v) is 4.50. The van der Waals surface area contributed by atoms with E-state index in [1.54, 1.807) is 7.11 Å². The number of carbonyl (C=O) groups excluding carboxylic acids is 1. The van der Waals surface area contributed by atoms with Crippen molar-refractivity contribution in [1.29, 1.82) is 0 Å². The second-order valence-corrected chi connectivity index (χ2v) is 9.03. The molecule has 1 heterocycles. The molecule has 0 spiro atoms. The molecule has 0 aliphatic rings. The SMILES string of the molecule is COc1ccc(OCCn2c(CCNC(=O)Cc3ccc(-c4ccccc4)cc3)nc3ccccc32)cc1. The van der Waals surface area contributed by atoms with E-state index in [1.807, 2.05) is 72.8 Å². The van der Waals surface area contributed by atoms with Gasteiger partial charge in [-0.05, 0) is 53.1 Å². The number of carbonyl (C=O) groups is 1. The lowest BCUT2D eigenvalue weighted by Gasteiger charge is -2.12. The van der Waals surface area contributed by atoms with Gasteiger partial charge in [0.2, 0.25) is 5.91 Å². The number of rotatable bonds is 11. The van der Waals surface area contributed by atoms with Crippen LogP contribution in [0.4, 0.5) is 0 Å². The molecule has 38 heavy (non-hydrogen) atoms. The van der Waals surface area contributed by atoms with Gasteiger partial charge in [-0.2, -0.15) is 0 Å². The third kappa shape index (κ3) is 6.21. The fraction of sp³-hybridized carbons (Fsp3) is 0.188. The monoisotopic (exact) mass is 505 g/mol. The summed E-state index contributed by atoms with van der Waals surface area (Å²) in [6, 6.07) is 34.0. The molecule has 0 atom stereocenters. The van der Waals surface area contributed by atoms with Gasteiger partial charge in [0.05, 0.1) is 31.1 Å². The van der Waals surface area contributed by atoms with Gasteiger partial charge < -0.3 is 19.4 Å². The summed E-state index contributed by atoms with van der Waals surface area (Å²) in [7, 11) is 1.65. The molecule has 192 valence electrons. The van der Waals surface area contributed by atoms with Crippen molar-refractivity contribution >= 4 is 16.9 Å². The van der Waals surface area contributed by atoms with E-state index in [2.05, 4.69) is 40.2 Å². The molecule has 6 nitrogen and oxygen atoms in total. The lowest BCUT2D eigenvalue weighted by Crippen LogP contribution is -2.28. The van der Waals surface area contributed by atoms with Gasteiger partial charge in [-0.1, -0.05) is 66.7 Å². The van der Waals surface area contributed by atoms with Gasteiger partial charge >= 0.3 is 0 Å². The van der Waals surface area contributed by atoms with Gasteiger partial charge in [0, 0.05) is 13.0 Å². The van der Waals surface area contributed by atoms with Crippen molar-refractivity contribution in [2.75, 3.05) is 20.3 Å². The number of benzene rings is 4.